The third-order valence-electron chi connectivity index (χ3n) is 4.45. The summed E-state index contributed by atoms with van der Waals surface area (Å²) in [4.78, 5) is 15.5. The highest BCUT2D eigenvalue weighted by Gasteiger charge is 2.30. The summed E-state index contributed by atoms with van der Waals surface area (Å²) in [6.45, 7) is 0. The predicted molar refractivity (Wildman–Crippen MR) is 99.6 cm³/mol. The highest BCUT2D eigenvalue weighted by Crippen LogP contribution is 2.30. The third kappa shape index (κ3) is 3.82. The van der Waals surface area contributed by atoms with Crippen LogP contribution < -0.4 is 0 Å². The van der Waals surface area contributed by atoms with Gasteiger partial charge in [-0.05, 0) is 29.8 Å². The van der Waals surface area contributed by atoms with E-state index in [9.17, 15) is 23.1 Å². The van der Waals surface area contributed by atoms with Crippen LogP contribution in [0.4, 0.5) is 13.2 Å². The van der Waals surface area contributed by atoms with Crippen molar-refractivity contribution in [2.75, 3.05) is 0 Å². The van der Waals surface area contributed by atoms with Gasteiger partial charge in [-0.25, -0.2) is 14.3 Å². The van der Waals surface area contributed by atoms with E-state index in [1.54, 1.807) is 41.0 Å². The van der Waals surface area contributed by atoms with E-state index in [0.717, 1.165) is 12.1 Å². The van der Waals surface area contributed by atoms with E-state index < -0.39 is 17.7 Å². The highest BCUT2D eigenvalue weighted by atomic mass is 19.4. The van der Waals surface area contributed by atoms with E-state index in [1.807, 2.05) is 0 Å². The summed E-state index contributed by atoms with van der Waals surface area (Å²) in [6, 6.07) is 14.9. The second kappa shape index (κ2) is 7.05. The molecule has 29 heavy (non-hydrogen) atoms. The fourth-order valence-electron chi connectivity index (χ4n) is 3.13. The molecule has 0 aliphatic rings. The van der Waals surface area contributed by atoms with Crippen molar-refractivity contribution in [1.29, 1.82) is 0 Å². The van der Waals surface area contributed by atoms with Crippen molar-refractivity contribution in [3.05, 3.63) is 89.2 Å². The fourth-order valence-corrected chi connectivity index (χ4v) is 3.13. The van der Waals surface area contributed by atoms with Crippen LogP contribution in [-0.2, 0) is 12.6 Å². The van der Waals surface area contributed by atoms with Gasteiger partial charge in [-0.2, -0.15) is 18.3 Å². The molecule has 0 unspecified atom stereocenters. The molecule has 0 radical (unpaired) electrons. The van der Waals surface area contributed by atoms with Crippen molar-refractivity contribution < 1.29 is 23.1 Å². The topological polar surface area (TPSA) is 67.5 Å². The van der Waals surface area contributed by atoms with Crippen molar-refractivity contribution in [3.8, 4) is 11.3 Å². The van der Waals surface area contributed by atoms with Crippen LogP contribution in [0.25, 0.3) is 16.9 Å². The van der Waals surface area contributed by atoms with Gasteiger partial charge >= 0.3 is 12.1 Å². The van der Waals surface area contributed by atoms with Crippen LogP contribution in [0.5, 0.6) is 0 Å². The van der Waals surface area contributed by atoms with Gasteiger partial charge in [0.1, 0.15) is 0 Å². The van der Waals surface area contributed by atoms with E-state index in [0.29, 0.717) is 28.2 Å². The zero-order chi connectivity index (χ0) is 20.6. The Morgan fingerprint density at radius 1 is 1.03 bits per heavy atom. The lowest BCUT2D eigenvalue weighted by molar-refractivity contribution is -0.137. The number of nitrogens with zero attached hydrogens (tertiary/aromatic N) is 3. The van der Waals surface area contributed by atoms with Crippen LogP contribution in [0.3, 0.4) is 0 Å². The van der Waals surface area contributed by atoms with Gasteiger partial charge in [-0.3, -0.25) is 0 Å². The number of alkyl halides is 3. The lowest BCUT2D eigenvalue weighted by Gasteiger charge is -2.08. The van der Waals surface area contributed by atoms with Gasteiger partial charge < -0.3 is 5.11 Å². The maximum absolute atomic E-state index is 12.9. The summed E-state index contributed by atoms with van der Waals surface area (Å²) in [5.41, 5.74) is 2.27. The molecule has 0 spiro atoms. The van der Waals surface area contributed by atoms with Gasteiger partial charge in [-0.15, -0.1) is 0 Å². The predicted octanol–water partition coefficient (Wildman–Crippen LogP) is 4.70. The molecule has 0 aliphatic carbocycles. The molecule has 4 aromatic rings. The van der Waals surface area contributed by atoms with E-state index in [2.05, 4.69) is 10.1 Å². The molecule has 0 saturated carbocycles. The first-order valence-corrected chi connectivity index (χ1v) is 8.65. The molecule has 2 aromatic carbocycles. The lowest BCUT2D eigenvalue weighted by Crippen LogP contribution is -2.05. The molecule has 4 rings (SSSR count). The molecule has 2 heterocycles. The van der Waals surface area contributed by atoms with Crippen LogP contribution in [0.1, 0.15) is 27.2 Å². The summed E-state index contributed by atoms with van der Waals surface area (Å²) in [5, 5.41) is 13.7. The summed E-state index contributed by atoms with van der Waals surface area (Å²) >= 11 is 0. The maximum atomic E-state index is 12.9. The van der Waals surface area contributed by atoms with Crippen LogP contribution in [0.15, 0.2) is 66.9 Å². The molecule has 146 valence electrons. The number of carboxylic acid groups (broad SMARTS) is 1. The standard InChI is InChI=1S/C21H14F3N3O2/c22-21(23,24)16-6-1-3-13(9-16)10-17-12-19-25-8-7-18(27(19)26-17)14-4-2-5-15(11-14)20(28)29/h1-9,11-12H,10H2,(H,28,29). The zero-order valence-corrected chi connectivity index (χ0v) is 14.9. The van der Waals surface area contributed by atoms with Gasteiger partial charge in [0.15, 0.2) is 5.65 Å². The summed E-state index contributed by atoms with van der Waals surface area (Å²) < 4.78 is 40.4. The van der Waals surface area contributed by atoms with Gasteiger partial charge in [0.25, 0.3) is 0 Å². The quantitative estimate of drug-likeness (QED) is 0.542. The van der Waals surface area contributed by atoms with Crippen LogP contribution >= 0.6 is 0 Å². The molecule has 0 amide bonds. The Labute approximate surface area is 163 Å². The Morgan fingerprint density at radius 2 is 1.83 bits per heavy atom. The van der Waals surface area contributed by atoms with Crippen molar-refractivity contribution in [3.63, 3.8) is 0 Å². The second-order valence-electron chi connectivity index (χ2n) is 6.50. The Bertz CT molecular complexity index is 1220. The number of aromatic nitrogens is 3. The molecule has 8 heteroatoms. The summed E-state index contributed by atoms with van der Waals surface area (Å²) in [7, 11) is 0. The first-order valence-electron chi connectivity index (χ1n) is 8.65. The zero-order valence-electron chi connectivity index (χ0n) is 14.9. The number of fused-ring (bicyclic) bond motifs is 1. The smallest absolute Gasteiger partial charge is 0.416 e. The number of hydrogen-bond acceptors (Lipinski definition) is 3. The molecule has 0 aliphatic heterocycles. The van der Waals surface area contributed by atoms with Gasteiger partial charge in [0.05, 0.1) is 22.5 Å². The number of hydrogen-bond donors (Lipinski definition) is 1. The molecule has 5 nitrogen and oxygen atoms in total. The van der Waals surface area contributed by atoms with E-state index in [4.69, 9.17) is 0 Å². The Hall–Kier alpha value is -3.68. The molecular weight excluding hydrogens is 383 g/mol. The van der Waals surface area contributed by atoms with E-state index >= 15 is 0 Å². The molecule has 2 aromatic heterocycles. The first kappa shape index (κ1) is 18.7. The molecule has 0 atom stereocenters. The lowest BCUT2D eigenvalue weighted by atomic mass is 10.1. The van der Waals surface area contributed by atoms with Crippen molar-refractivity contribution in [2.24, 2.45) is 0 Å². The average Bonchev–Trinajstić information content (AvgIpc) is 3.10. The first-order chi connectivity index (χ1) is 13.8. The maximum Gasteiger partial charge on any atom is 0.416 e. The largest absolute Gasteiger partial charge is 0.478 e. The minimum absolute atomic E-state index is 0.142. The average molecular weight is 397 g/mol. The van der Waals surface area contributed by atoms with E-state index in [1.165, 1.54) is 18.2 Å². The molecule has 0 fully saturated rings. The molecular formula is C21H14F3N3O2. The Kier molecular flexibility index (Phi) is 4.54. The van der Waals surface area contributed by atoms with Crippen LogP contribution in [0, 0.1) is 0 Å². The fraction of sp³-hybridized carbons (Fsp3) is 0.0952. The second-order valence-corrected chi connectivity index (χ2v) is 6.50. The number of aromatic carboxylic acids is 1. The molecule has 0 saturated heterocycles. The van der Waals surface area contributed by atoms with Crippen molar-refractivity contribution in [2.45, 2.75) is 12.6 Å². The van der Waals surface area contributed by atoms with Gasteiger partial charge in [-0.1, -0.05) is 30.3 Å². The number of halogens is 3. The van der Waals surface area contributed by atoms with Crippen molar-refractivity contribution in [1.82, 2.24) is 14.6 Å². The number of rotatable bonds is 4. The number of carboxylic acids is 1. The Balaban J connectivity index is 1.72. The summed E-state index contributed by atoms with van der Waals surface area (Å²) in [6.07, 6.45) is -2.62. The summed E-state index contributed by atoms with van der Waals surface area (Å²) in [5.74, 6) is -1.04. The third-order valence-corrected chi connectivity index (χ3v) is 4.45. The molecule has 1 N–H and O–H groups in total. The Morgan fingerprint density at radius 3 is 2.59 bits per heavy atom. The van der Waals surface area contributed by atoms with Gasteiger partial charge in [0.2, 0.25) is 0 Å². The number of benzene rings is 2. The molecule has 0 bridgehead atoms. The number of carbonyl (C=O) groups is 1. The monoisotopic (exact) mass is 397 g/mol. The van der Waals surface area contributed by atoms with Crippen LogP contribution in [0.2, 0.25) is 0 Å². The normalized spacial score (nSPS) is 11.7. The highest BCUT2D eigenvalue weighted by molar-refractivity contribution is 5.89. The minimum Gasteiger partial charge on any atom is -0.478 e. The van der Waals surface area contributed by atoms with Crippen LogP contribution in [-0.4, -0.2) is 25.7 Å². The van der Waals surface area contributed by atoms with Gasteiger partial charge in [0, 0.05) is 24.2 Å². The van der Waals surface area contributed by atoms with E-state index in [-0.39, 0.29) is 12.0 Å². The van der Waals surface area contributed by atoms with Crippen molar-refractivity contribution >= 4 is 11.6 Å². The SMILES string of the molecule is O=C(O)c1cccc(-c2ccnc3cc(Cc4cccc(C(F)(F)F)c4)nn23)c1. The minimum atomic E-state index is -4.40.